The van der Waals surface area contributed by atoms with Crippen molar-refractivity contribution in [2.75, 3.05) is 18.5 Å². The van der Waals surface area contributed by atoms with Gasteiger partial charge in [0, 0.05) is 18.7 Å². The summed E-state index contributed by atoms with van der Waals surface area (Å²) in [5, 5.41) is 4.04. The Morgan fingerprint density at radius 3 is 2.33 bits per heavy atom. The topological polar surface area (TPSA) is 30.5 Å². The van der Waals surface area contributed by atoms with Gasteiger partial charge in [0.25, 0.3) is 0 Å². The van der Waals surface area contributed by atoms with E-state index in [9.17, 15) is 0 Å². The van der Waals surface area contributed by atoms with E-state index in [1.54, 1.807) is 0 Å². The van der Waals surface area contributed by atoms with Gasteiger partial charge in [-0.3, -0.25) is 0 Å². The van der Waals surface area contributed by atoms with Gasteiger partial charge >= 0.3 is 0 Å². The van der Waals surface area contributed by atoms with Crippen LogP contribution in [0.3, 0.4) is 0 Å². The van der Waals surface area contributed by atoms with Gasteiger partial charge in [-0.15, -0.1) is 0 Å². The van der Waals surface area contributed by atoms with Gasteiger partial charge in [0.1, 0.15) is 13.2 Å². The molecule has 1 heterocycles. The van der Waals surface area contributed by atoms with Gasteiger partial charge in [-0.2, -0.15) is 0 Å². The molecule has 0 unspecified atom stereocenters. The number of fused-ring (bicyclic) bond motifs is 1. The summed E-state index contributed by atoms with van der Waals surface area (Å²) in [5.74, 6) is 1.46. The lowest BCUT2D eigenvalue weighted by atomic mass is 10.0. The molecule has 3 nitrogen and oxygen atoms in total. The van der Waals surface area contributed by atoms with E-state index < -0.39 is 0 Å². The Bertz CT molecular complexity index is 650. The van der Waals surface area contributed by atoms with E-state index in [0.29, 0.717) is 24.0 Å². The minimum Gasteiger partial charge on any atom is -0.486 e. The summed E-state index contributed by atoms with van der Waals surface area (Å²) in [6, 6.07) is 10.0. The normalized spacial score (nSPS) is 13.1. The first-order chi connectivity index (χ1) is 10.1. The van der Waals surface area contributed by atoms with Crippen molar-refractivity contribution in [1.82, 2.24) is 0 Å². The van der Waals surface area contributed by atoms with Gasteiger partial charge in [0.05, 0.1) is 10.7 Å². The van der Waals surface area contributed by atoms with Crippen LogP contribution in [0, 0.1) is 13.8 Å². The summed E-state index contributed by atoms with van der Waals surface area (Å²) in [6.45, 7) is 6.12. The molecule has 2 aromatic rings. The molecular weight excluding hydrogens is 286 g/mol. The largest absolute Gasteiger partial charge is 0.486 e. The number of hydrogen-bond acceptors (Lipinski definition) is 3. The van der Waals surface area contributed by atoms with Crippen LogP contribution < -0.4 is 14.8 Å². The van der Waals surface area contributed by atoms with Gasteiger partial charge in [0.2, 0.25) is 0 Å². The second kappa shape index (κ2) is 5.86. The fourth-order valence-corrected chi connectivity index (χ4v) is 2.73. The average molecular weight is 304 g/mol. The summed E-state index contributed by atoms with van der Waals surface area (Å²) >= 11 is 6.31. The lowest BCUT2D eigenvalue weighted by Gasteiger charge is -2.20. The number of anilines is 1. The third-order valence-electron chi connectivity index (χ3n) is 3.73. The third kappa shape index (κ3) is 2.93. The number of nitrogens with one attached hydrogen (secondary N) is 1. The highest BCUT2D eigenvalue weighted by Crippen LogP contribution is 2.38. The molecule has 0 saturated heterocycles. The lowest BCUT2D eigenvalue weighted by molar-refractivity contribution is 0.171. The Morgan fingerprint density at radius 2 is 1.67 bits per heavy atom. The summed E-state index contributed by atoms with van der Waals surface area (Å²) in [5.41, 5.74) is 4.71. The number of aryl methyl sites for hydroxylation is 2. The standard InChI is InChI=1S/C17H18ClNO2/c1-11-4-3-5-12(2)13(11)10-19-15-9-17-16(8-14(15)18)20-6-7-21-17/h3-5,8-9,19H,6-7,10H2,1-2H3. The van der Waals surface area contributed by atoms with Crippen LogP contribution in [0.5, 0.6) is 11.5 Å². The van der Waals surface area contributed by atoms with Crippen molar-refractivity contribution < 1.29 is 9.47 Å². The highest BCUT2D eigenvalue weighted by Gasteiger charge is 2.15. The number of ether oxygens (including phenoxy) is 2. The number of halogens is 1. The predicted octanol–water partition coefficient (Wildman–Crippen LogP) is 4.34. The minimum absolute atomic E-state index is 0.568. The Kier molecular flexibility index (Phi) is 3.93. The first-order valence-corrected chi connectivity index (χ1v) is 7.41. The predicted molar refractivity (Wildman–Crippen MR) is 85.7 cm³/mol. The smallest absolute Gasteiger partial charge is 0.163 e. The molecule has 0 aromatic heterocycles. The number of hydrogen-bond donors (Lipinski definition) is 1. The molecule has 0 saturated carbocycles. The van der Waals surface area contributed by atoms with Gasteiger partial charge < -0.3 is 14.8 Å². The fourth-order valence-electron chi connectivity index (χ4n) is 2.51. The van der Waals surface area contributed by atoms with Crippen LogP contribution in [0.4, 0.5) is 5.69 Å². The zero-order valence-corrected chi connectivity index (χ0v) is 13.0. The SMILES string of the molecule is Cc1cccc(C)c1CNc1cc2c(cc1Cl)OCCO2. The molecule has 4 heteroatoms. The van der Waals surface area contributed by atoms with Crippen LogP contribution in [-0.2, 0) is 6.54 Å². The van der Waals surface area contributed by atoms with Crippen LogP contribution in [0.2, 0.25) is 5.02 Å². The molecule has 21 heavy (non-hydrogen) atoms. The van der Waals surface area contributed by atoms with E-state index in [4.69, 9.17) is 21.1 Å². The van der Waals surface area contributed by atoms with Crippen molar-refractivity contribution >= 4 is 17.3 Å². The maximum Gasteiger partial charge on any atom is 0.163 e. The molecule has 0 bridgehead atoms. The summed E-state index contributed by atoms with van der Waals surface area (Å²) in [4.78, 5) is 0. The molecule has 0 aliphatic carbocycles. The quantitative estimate of drug-likeness (QED) is 0.915. The molecule has 0 atom stereocenters. The lowest BCUT2D eigenvalue weighted by Crippen LogP contribution is -2.15. The van der Waals surface area contributed by atoms with Crippen LogP contribution in [0.15, 0.2) is 30.3 Å². The molecule has 0 spiro atoms. The maximum atomic E-state index is 6.31. The van der Waals surface area contributed by atoms with Crippen LogP contribution >= 0.6 is 11.6 Å². The van der Waals surface area contributed by atoms with Crippen LogP contribution in [-0.4, -0.2) is 13.2 Å². The first kappa shape index (κ1) is 14.1. The molecule has 110 valence electrons. The second-order valence-corrected chi connectivity index (χ2v) is 5.61. The molecule has 1 aliphatic rings. The Labute approximate surface area is 129 Å². The van der Waals surface area contributed by atoms with Gasteiger partial charge in [-0.1, -0.05) is 29.8 Å². The van der Waals surface area contributed by atoms with Crippen LogP contribution in [0.1, 0.15) is 16.7 Å². The molecule has 3 rings (SSSR count). The van der Waals surface area contributed by atoms with E-state index in [1.165, 1.54) is 16.7 Å². The average Bonchev–Trinajstić information content (AvgIpc) is 2.47. The van der Waals surface area contributed by atoms with Gasteiger partial charge in [-0.05, 0) is 30.5 Å². The molecular formula is C17H18ClNO2. The molecule has 0 radical (unpaired) electrons. The molecule has 2 aromatic carbocycles. The highest BCUT2D eigenvalue weighted by molar-refractivity contribution is 6.33. The Hall–Kier alpha value is -1.87. The highest BCUT2D eigenvalue weighted by atomic mass is 35.5. The Balaban J connectivity index is 1.82. The zero-order chi connectivity index (χ0) is 14.8. The summed E-state index contributed by atoms with van der Waals surface area (Å²) < 4.78 is 11.1. The molecule has 0 fully saturated rings. The number of rotatable bonds is 3. The fraction of sp³-hybridized carbons (Fsp3) is 0.294. The van der Waals surface area contributed by atoms with Crippen LogP contribution in [0.25, 0.3) is 0 Å². The van der Waals surface area contributed by atoms with Crippen molar-refractivity contribution in [1.29, 1.82) is 0 Å². The molecule has 1 N–H and O–H groups in total. The van der Waals surface area contributed by atoms with E-state index in [-0.39, 0.29) is 0 Å². The van der Waals surface area contributed by atoms with Crippen molar-refractivity contribution in [3.63, 3.8) is 0 Å². The van der Waals surface area contributed by atoms with E-state index in [1.807, 2.05) is 12.1 Å². The third-order valence-corrected chi connectivity index (χ3v) is 4.04. The van der Waals surface area contributed by atoms with Crippen molar-refractivity contribution in [2.45, 2.75) is 20.4 Å². The van der Waals surface area contributed by atoms with Crippen molar-refractivity contribution in [2.24, 2.45) is 0 Å². The molecule has 0 amide bonds. The monoisotopic (exact) mass is 303 g/mol. The second-order valence-electron chi connectivity index (χ2n) is 5.20. The summed E-state index contributed by atoms with van der Waals surface area (Å²) in [6.07, 6.45) is 0. The molecule has 1 aliphatic heterocycles. The van der Waals surface area contributed by atoms with E-state index >= 15 is 0 Å². The zero-order valence-electron chi connectivity index (χ0n) is 12.2. The van der Waals surface area contributed by atoms with E-state index in [0.717, 1.165) is 18.0 Å². The summed E-state index contributed by atoms with van der Waals surface area (Å²) in [7, 11) is 0. The number of benzene rings is 2. The van der Waals surface area contributed by atoms with Crippen molar-refractivity contribution in [3.8, 4) is 11.5 Å². The van der Waals surface area contributed by atoms with Gasteiger partial charge in [-0.25, -0.2) is 0 Å². The van der Waals surface area contributed by atoms with Gasteiger partial charge in [0.15, 0.2) is 11.5 Å². The maximum absolute atomic E-state index is 6.31. The first-order valence-electron chi connectivity index (χ1n) is 7.03. The minimum atomic E-state index is 0.568. The van der Waals surface area contributed by atoms with Crippen molar-refractivity contribution in [3.05, 3.63) is 52.0 Å². The Morgan fingerprint density at radius 1 is 1.05 bits per heavy atom. The van der Waals surface area contributed by atoms with E-state index in [2.05, 4.69) is 37.4 Å².